The van der Waals surface area contributed by atoms with Gasteiger partial charge in [0.15, 0.2) is 0 Å². The Morgan fingerprint density at radius 2 is 1.00 bits per heavy atom. The molecule has 0 aliphatic heterocycles. The third-order valence-corrected chi connectivity index (χ3v) is 5.20. The second-order valence-corrected chi connectivity index (χ2v) is 7.36. The van der Waals surface area contributed by atoms with Gasteiger partial charge >= 0.3 is 0 Å². The molecule has 0 unspecified atom stereocenters. The van der Waals surface area contributed by atoms with Gasteiger partial charge in [-0.25, -0.2) is 0 Å². The minimum absolute atomic E-state index is 0.266. The zero-order valence-corrected chi connectivity index (χ0v) is 15.8. The second-order valence-electron chi connectivity index (χ2n) is 6.18. The Bertz CT molecular complexity index is 984. The van der Waals surface area contributed by atoms with Crippen LogP contribution in [0.5, 0.6) is 5.75 Å². The van der Waals surface area contributed by atoms with Gasteiger partial charge in [-0.05, 0) is 39.9 Å². The van der Waals surface area contributed by atoms with Gasteiger partial charge in [-0.15, -0.1) is 0 Å². The number of rotatable bonds is 6. The number of phenolic OH excluding ortho intramolecular Hbond substituents is 1. The summed E-state index contributed by atoms with van der Waals surface area (Å²) in [7, 11) is 0. The van der Waals surface area contributed by atoms with Gasteiger partial charge in [0.1, 0.15) is 5.75 Å². The molecule has 134 valence electrons. The van der Waals surface area contributed by atoms with Crippen LogP contribution in [-0.2, 0) is 0 Å². The lowest BCUT2D eigenvalue weighted by molar-refractivity contribution is 0.475. The smallest absolute Gasteiger partial charge is 0.115 e. The first kappa shape index (κ1) is 18.6. The molecule has 0 aliphatic carbocycles. The summed E-state index contributed by atoms with van der Waals surface area (Å²) in [6.45, 7) is 12.1. The van der Waals surface area contributed by atoms with Crippen molar-refractivity contribution < 1.29 is 5.11 Å². The molecule has 0 saturated carbocycles. The molecule has 0 aromatic heterocycles. The van der Waals surface area contributed by atoms with Gasteiger partial charge < -0.3 is 10.8 Å². The third kappa shape index (κ3) is 4.52. The Kier molecular flexibility index (Phi) is 5.53. The van der Waals surface area contributed by atoms with Crippen molar-refractivity contribution in [1.82, 2.24) is 0 Å². The van der Waals surface area contributed by atoms with E-state index < -0.39 is 0 Å². The third-order valence-electron chi connectivity index (χ3n) is 4.23. The number of aromatic hydroxyl groups is 1. The molecule has 3 aromatic rings. The molecule has 0 heterocycles. The number of thioether (sulfide) groups is 1. The van der Waals surface area contributed by atoms with Crippen LogP contribution in [0.25, 0.3) is 26.6 Å². The van der Waals surface area contributed by atoms with Crippen LogP contribution >= 0.6 is 11.8 Å². The summed E-state index contributed by atoms with van der Waals surface area (Å²) in [5.74, 6) is 0.266. The van der Waals surface area contributed by atoms with Crippen molar-refractivity contribution in [3.05, 3.63) is 109 Å². The minimum atomic E-state index is 0.266. The maximum atomic E-state index is 9.41. The molecule has 3 heteroatoms. The molecule has 0 saturated heterocycles. The van der Waals surface area contributed by atoms with Crippen molar-refractivity contribution in [2.24, 2.45) is 5.73 Å². The predicted molar refractivity (Wildman–Crippen MR) is 119 cm³/mol. The fourth-order valence-corrected chi connectivity index (χ4v) is 3.44. The molecular formula is C24H21NOS. The predicted octanol–water partition coefficient (Wildman–Crippen LogP) is 6.36. The number of nitrogens with two attached hydrogens (primary N) is 1. The van der Waals surface area contributed by atoms with E-state index in [2.05, 4.69) is 31.9 Å². The molecule has 2 nitrogen and oxygen atoms in total. The molecule has 0 bridgehead atoms. The van der Waals surface area contributed by atoms with E-state index in [1.807, 2.05) is 48.5 Å². The molecule has 0 atom stereocenters. The molecule has 0 spiro atoms. The molecule has 0 radical (unpaired) electrons. The highest BCUT2D eigenvalue weighted by Gasteiger charge is 2.07. The van der Waals surface area contributed by atoms with Gasteiger partial charge in [-0.2, -0.15) is 0 Å². The lowest BCUT2D eigenvalue weighted by Gasteiger charge is -2.10. The molecule has 3 N–H and O–H groups in total. The highest BCUT2D eigenvalue weighted by Crippen LogP contribution is 2.37. The summed E-state index contributed by atoms with van der Waals surface area (Å²) in [5, 5.41) is 9.41. The fraction of sp³-hybridized carbons (Fsp3) is 0. The maximum absolute atomic E-state index is 9.41. The Labute approximate surface area is 164 Å². The van der Waals surface area contributed by atoms with Crippen molar-refractivity contribution >= 4 is 27.3 Å². The quantitative estimate of drug-likeness (QED) is 0.530. The summed E-state index contributed by atoms with van der Waals surface area (Å²) in [5.41, 5.74) is 11.4. The first-order chi connectivity index (χ1) is 12.9. The van der Waals surface area contributed by atoms with E-state index in [-0.39, 0.29) is 5.75 Å². The van der Waals surface area contributed by atoms with E-state index in [1.54, 1.807) is 23.9 Å². The second kappa shape index (κ2) is 8.02. The summed E-state index contributed by atoms with van der Waals surface area (Å²) in [6.07, 6.45) is 0. The largest absolute Gasteiger partial charge is 0.508 e. The van der Waals surface area contributed by atoms with Crippen LogP contribution in [0.3, 0.4) is 0 Å². The Hall–Kier alpha value is -3.17. The van der Waals surface area contributed by atoms with Gasteiger partial charge in [-0.3, -0.25) is 0 Å². The van der Waals surface area contributed by atoms with E-state index in [0.717, 1.165) is 37.6 Å². The molecule has 0 amide bonds. The van der Waals surface area contributed by atoms with Gasteiger partial charge in [-0.1, -0.05) is 92.2 Å². The standard InChI is InChI=1S/C24H21NOS/c1-16(25)19-4-6-20(7-5-19)17(2)27-18(3)21-8-10-22(11-9-21)23-12-14-24(26)15-13-23/h4-15,26H,1-3,25H2. The van der Waals surface area contributed by atoms with Crippen LogP contribution in [0.2, 0.25) is 0 Å². The monoisotopic (exact) mass is 371 g/mol. The van der Waals surface area contributed by atoms with Gasteiger partial charge in [0.25, 0.3) is 0 Å². The van der Waals surface area contributed by atoms with E-state index in [1.165, 1.54) is 0 Å². The molecule has 3 aromatic carbocycles. The lowest BCUT2D eigenvalue weighted by atomic mass is 10.0. The van der Waals surface area contributed by atoms with Crippen LogP contribution in [0.15, 0.2) is 92.5 Å². The van der Waals surface area contributed by atoms with Crippen LogP contribution in [0.1, 0.15) is 16.7 Å². The van der Waals surface area contributed by atoms with Crippen molar-refractivity contribution in [2.75, 3.05) is 0 Å². The Morgan fingerprint density at radius 1 is 0.630 bits per heavy atom. The Balaban J connectivity index is 1.69. The first-order valence-corrected chi connectivity index (χ1v) is 9.26. The van der Waals surface area contributed by atoms with Gasteiger partial charge in [0.2, 0.25) is 0 Å². The normalized spacial score (nSPS) is 10.4. The number of hydrogen-bond acceptors (Lipinski definition) is 3. The van der Waals surface area contributed by atoms with Crippen LogP contribution in [0, 0.1) is 0 Å². The van der Waals surface area contributed by atoms with Crippen LogP contribution in [-0.4, -0.2) is 5.11 Å². The average molecular weight is 372 g/mol. The summed E-state index contributed by atoms with van der Waals surface area (Å²) < 4.78 is 0. The number of phenols is 1. The summed E-state index contributed by atoms with van der Waals surface area (Å²) >= 11 is 1.55. The zero-order chi connectivity index (χ0) is 19.4. The minimum Gasteiger partial charge on any atom is -0.508 e. The van der Waals surface area contributed by atoms with E-state index in [4.69, 9.17) is 5.73 Å². The van der Waals surface area contributed by atoms with Crippen molar-refractivity contribution in [3.63, 3.8) is 0 Å². The highest BCUT2D eigenvalue weighted by atomic mass is 32.2. The SMILES string of the molecule is C=C(N)c1ccc(C(=C)SC(=C)c2ccc(-c3ccc(O)cc3)cc2)cc1. The Morgan fingerprint density at radius 3 is 1.44 bits per heavy atom. The summed E-state index contributed by atoms with van der Waals surface area (Å²) in [4.78, 5) is 1.86. The topological polar surface area (TPSA) is 46.2 Å². The van der Waals surface area contributed by atoms with Gasteiger partial charge in [0.05, 0.1) is 0 Å². The highest BCUT2D eigenvalue weighted by molar-refractivity contribution is 8.16. The zero-order valence-electron chi connectivity index (χ0n) is 15.0. The summed E-state index contributed by atoms with van der Waals surface area (Å²) in [6, 6.07) is 23.2. The number of benzene rings is 3. The van der Waals surface area contributed by atoms with Crippen molar-refractivity contribution in [3.8, 4) is 16.9 Å². The molecule has 0 fully saturated rings. The van der Waals surface area contributed by atoms with Crippen LogP contribution < -0.4 is 5.73 Å². The first-order valence-electron chi connectivity index (χ1n) is 8.45. The van der Waals surface area contributed by atoms with Gasteiger partial charge in [0, 0.05) is 15.5 Å². The number of hydrogen-bond donors (Lipinski definition) is 2. The van der Waals surface area contributed by atoms with Crippen molar-refractivity contribution in [1.29, 1.82) is 0 Å². The molecule has 3 rings (SSSR count). The van der Waals surface area contributed by atoms with E-state index in [0.29, 0.717) is 5.70 Å². The van der Waals surface area contributed by atoms with Crippen LogP contribution in [0.4, 0.5) is 0 Å². The van der Waals surface area contributed by atoms with E-state index >= 15 is 0 Å². The van der Waals surface area contributed by atoms with E-state index in [9.17, 15) is 5.11 Å². The fourth-order valence-electron chi connectivity index (χ4n) is 2.64. The lowest BCUT2D eigenvalue weighted by Crippen LogP contribution is -1.93. The average Bonchev–Trinajstić information content (AvgIpc) is 2.68. The maximum Gasteiger partial charge on any atom is 0.115 e. The van der Waals surface area contributed by atoms with Crippen molar-refractivity contribution in [2.45, 2.75) is 0 Å². The molecule has 0 aliphatic rings. The molecular weight excluding hydrogens is 350 g/mol. The molecule has 27 heavy (non-hydrogen) atoms.